The van der Waals surface area contributed by atoms with Gasteiger partial charge >= 0.3 is 0 Å². The molecule has 0 aliphatic carbocycles. The van der Waals surface area contributed by atoms with Crippen LogP contribution in [0, 0.1) is 0 Å². The van der Waals surface area contributed by atoms with Crippen molar-refractivity contribution in [3.05, 3.63) is 102 Å². The zero-order chi connectivity index (χ0) is 27.7. The third-order valence-corrected chi connectivity index (χ3v) is 10.5. The summed E-state index contributed by atoms with van der Waals surface area (Å²) in [6.45, 7) is 12.5. The van der Waals surface area contributed by atoms with E-state index in [0.717, 1.165) is 22.1 Å². The van der Waals surface area contributed by atoms with E-state index in [-0.39, 0.29) is 22.3 Å². The summed E-state index contributed by atoms with van der Waals surface area (Å²) in [5.74, 6) is 1.04. The number of benzene rings is 4. The predicted octanol–water partition coefficient (Wildman–Crippen LogP) is 7.51. The fourth-order valence-electron chi connectivity index (χ4n) is 4.91. The zero-order valence-electron chi connectivity index (χ0n) is 23.4. The lowest BCUT2D eigenvalue weighted by molar-refractivity contribution is 0.418. The Morgan fingerprint density at radius 2 is 1.03 bits per heavy atom. The molecule has 198 valence electrons. The quantitative estimate of drug-likeness (QED) is 0.264. The van der Waals surface area contributed by atoms with Crippen LogP contribution in [0.5, 0.6) is 17.2 Å². The SMILES string of the molecule is COc1ccccc1P(=Nc1ccccc1)(c1cccc(C(C)(C)C)c1O)c1cccc(C(C)(C)C)c1O. The minimum absolute atomic E-state index is 0.194. The van der Waals surface area contributed by atoms with Crippen LogP contribution in [-0.4, -0.2) is 17.3 Å². The first-order chi connectivity index (χ1) is 17.9. The van der Waals surface area contributed by atoms with Crippen molar-refractivity contribution in [2.75, 3.05) is 7.11 Å². The Morgan fingerprint density at radius 1 is 0.579 bits per heavy atom. The molecule has 0 fully saturated rings. The topological polar surface area (TPSA) is 62.0 Å². The van der Waals surface area contributed by atoms with E-state index in [0.29, 0.717) is 16.4 Å². The normalized spacial score (nSPS) is 12.3. The molecule has 0 aliphatic rings. The van der Waals surface area contributed by atoms with Gasteiger partial charge in [0.25, 0.3) is 0 Å². The van der Waals surface area contributed by atoms with Crippen LogP contribution < -0.4 is 20.7 Å². The molecule has 0 aliphatic heterocycles. The van der Waals surface area contributed by atoms with Gasteiger partial charge in [-0.3, -0.25) is 4.74 Å². The number of rotatable bonds is 5. The maximum absolute atomic E-state index is 12.0. The molecule has 0 unspecified atom stereocenters. The van der Waals surface area contributed by atoms with Crippen molar-refractivity contribution in [3.8, 4) is 17.2 Å². The Labute approximate surface area is 227 Å². The maximum atomic E-state index is 12.0. The maximum Gasteiger partial charge on any atom is 0.129 e. The fraction of sp³-hybridized carbons (Fsp3) is 0.273. The number of nitrogens with zero attached hydrogens (tertiary/aromatic N) is 1. The molecule has 0 atom stereocenters. The van der Waals surface area contributed by atoms with Gasteiger partial charge in [-0.25, -0.2) is 0 Å². The summed E-state index contributed by atoms with van der Waals surface area (Å²) in [6.07, 6.45) is 0. The number of methoxy groups -OCH3 is 1. The summed E-state index contributed by atoms with van der Waals surface area (Å²) in [5.41, 5.74) is 1.79. The van der Waals surface area contributed by atoms with E-state index in [9.17, 15) is 10.2 Å². The summed E-state index contributed by atoms with van der Waals surface area (Å²) in [5, 5.41) is 26.2. The molecule has 0 radical (unpaired) electrons. The average molecular weight is 528 g/mol. The van der Waals surface area contributed by atoms with E-state index in [1.54, 1.807) is 7.11 Å². The molecule has 0 spiro atoms. The van der Waals surface area contributed by atoms with Gasteiger partial charge in [0.05, 0.1) is 19.9 Å². The van der Waals surface area contributed by atoms with Crippen molar-refractivity contribution < 1.29 is 14.9 Å². The fourth-order valence-corrected chi connectivity index (χ4v) is 8.74. The van der Waals surface area contributed by atoms with Gasteiger partial charge in [-0.15, -0.1) is 0 Å². The molecule has 4 aromatic rings. The first-order valence-electron chi connectivity index (χ1n) is 12.9. The van der Waals surface area contributed by atoms with Crippen molar-refractivity contribution >= 4 is 28.7 Å². The monoisotopic (exact) mass is 527 g/mol. The van der Waals surface area contributed by atoms with Gasteiger partial charge in [0, 0.05) is 15.9 Å². The van der Waals surface area contributed by atoms with Gasteiger partial charge in [-0.1, -0.05) is 96.1 Å². The molecule has 0 aromatic heterocycles. The molecule has 5 heteroatoms. The molecule has 0 amide bonds. The zero-order valence-corrected chi connectivity index (χ0v) is 24.3. The van der Waals surface area contributed by atoms with Crippen LogP contribution in [0.25, 0.3) is 0 Å². The highest BCUT2D eigenvalue weighted by molar-refractivity contribution is 7.88. The third kappa shape index (κ3) is 4.98. The Morgan fingerprint density at radius 3 is 1.50 bits per heavy atom. The van der Waals surface area contributed by atoms with Gasteiger partial charge in [-0.2, -0.15) is 0 Å². The van der Waals surface area contributed by atoms with Crippen molar-refractivity contribution in [1.82, 2.24) is 0 Å². The second-order valence-corrected chi connectivity index (χ2v) is 14.5. The molecule has 0 bridgehead atoms. The van der Waals surface area contributed by atoms with Crippen LogP contribution >= 0.6 is 7.05 Å². The predicted molar refractivity (Wildman–Crippen MR) is 161 cm³/mol. The largest absolute Gasteiger partial charge is 0.507 e. The first kappa shape index (κ1) is 27.5. The van der Waals surface area contributed by atoms with E-state index in [4.69, 9.17) is 9.48 Å². The van der Waals surface area contributed by atoms with E-state index in [2.05, 4.69) is 41.5 Å². The molecule has 4 rings (SSSR count). The van der Waals surface area contributed by atoms with Crippen molar-refractivity contribution in [1.29, 1.82) is 0 Å². The second kappa shape index (κ2) is 10.3. The lowest BCUT2D eigenvalue weighted by atomic mass is 9.86. The summed E-state index contributed by atoms with van der Waals surface area (Å²) >= 11 is 0. The Balaban J connectivity index is 2.32. The average Bonchev–Trinajstić information content (AvgIpc) is 2.87. The minimum atomic E-state index is -3.10. The van der Waals surface area contributed by atoms with Gasteiger partial charge in [-0.05, 0) is 58.4 Å². The van der Waals surface area contributed by atoms with Crippen molar-refractivity contribution in [3.63, 3.8) is 0 Å². The van der Waals surface area contributed by atoms with Crippen LogP contribution in [0.2, 0.25) is 0 Å². The first-order valence-corrected chi connectivity index (χ1v) is 14.6. The summed E-state index contributed by atoms with van der Waals surface area (Å²) in [6, 6.07) is 29.4. The molecule has 4 nitrogen and oxygen atoms in total. The second-order valence-electron chi connectivity index (χ2n) is 11.6. The molecular weight excluding hydrogens is 489 g/mol. The van der Waals surface area contributed by atoms with Gasteiger partial charge in [0.1, 0.15) is 17.2 Å². The van der Waals surface area contributed by atoms with E-state index in [1.165, 1.54) is 0 Å². The number of aromatic hydroxyl groups is 2. The molecule has 4 aromatic carbocycles. The molecule has 2 N–H and O–H groups in total. The standard InChI is InChI=1S/C33H38NO3P/c1-32(2,3)24-17-13-21-28(30(24)35)38(34-23-15-9-8-10-16-23,27-20-12-11-19-26(27)37-7)29-22-14-18-25(31(29)36)33(4,5)6/h8-22,35-36H,1-7H3. The van der Waals surface area contributed by atoms with Gasteiger partial charge < -0.3 is 14.9 Å². The summed E-state index contributed by atoms with van der Waals surface area (Å²) in [4.78, 5) is 0. The number of phenolic OH excluding ortho intramolecular Hbond substituents is 2. The van der Waals surface area contributed by atoms with Crippen LogP contribution in [0.3, 0.4) is 0 Å². The highest BCUT2D eigenvalue weighted by Gasteiger charge is 2.38. The highest BCUT2D eigenvalue weighted by Crippen LogP contribution is 2.56. The van der Waals surface area contributed by atoms with Crippen LogP contribution in [-0.2, 0) is 10.8 Å². The van der Waals surface area contributed by atoms with Crippen LogP contribution in [0.4, 0.5) is 5.69 Å². The minimum Gasteiger partial charge on any atom is -0.507 e. The number of phenols is 2. The van der Waals surface area contributed by atoms with Crippen LogP contribution in [0.15, 0.2) is 95.7 Å². The van der Waals surface area contributed by atoms with E-state index < -0.39 is 7.05 Å². The van der Waals surface area contributed by atoms with E-state index in [1.807, 2.05) is 91.0 Å². The highest BCUT2D eigenvalue weighted by atomic mass is 31.2. The van der Waals surface area contributed by atoms with Crippen molar-refractivity contribution in [2.24, 2.45) is 4.74 Å². The summed E-state index contributed by atoms with van der Waals surface area (Å²) in [7, 11) is -1.45. The Hall–Kier alpha value is -3.49. The summed E-state index contributed by atoms with van der Waals surface area (Å²) < 4.78 is 11.4. The number of hydrogen-bond donors (Lipinski definition) is 2. The third-order valence-electron chi connectivity index (χ3n) is 6.80. The van der Waals surface area contributed by atoms with Crippen LogP contribution in [0.1, 0.15) is 52.7 Å². The molecule has 0 saturated carbocycles. The van der Waals surface area contributed by atoms with Gasteiger partial charge in [0.15, 0.2) is 0 Å². The number of hydrogen-bond acceptors (Lipinski definition) is 4. The molecule has 0 heterocycles. The smallest absolute Gasteiger partial charge is 0.129 e. The Kier molecular flexibility index (Phi) is 7.50. The van der Waals surface area contributed by atoms with E-state index >= 15 is 0 Å². The van der Waals surface area contributed by atoms with Gasteiger partial charge in [0.2, 0.25) is 0 Å². The lowest BCUT2D eigenvalue weighted by Gasteiger charge is -2.33. The molecular formula is C33H38NO3P. The molecule has 38 heavy (non-hydrogen) atoms. The number of ether oxygens (including phenoxy) is 1. The van der Waals surface area contributed by atoms with Crippen molar-refractivity contribution in [2.45, 2.75) is 52.4 Å². The lowest BCUT2D eigenvalue weighted by Crippen LogP contribution is -2.29. The molecule has 0 saturated heterocycles. The Bertz CT molecular complexity index is 1430. The number of para-hydroxylation sites is 3.